The first-order valence-electron chi connectivity index (χ1n) is 19.8. The summed E-state index contributed by atoms with van der Waals surface area (Å²) >= 11 is 0. The van der Waals surface area contributed by atoms with E-state index in [1.807, 2.05) is 0 Å². The fraction of sp³-hybridized carbons (Fsp3) is 0.0909. The maximum absolute atomic E-state index is 2.47. The summed E-state index contributed by atoms with van der Waals surface area (Å²) in [5, 5.41) is 31.0. The van der Waals surface area contributed by atoms with Crippen LogP contribution < -0.4 is 0 Å². The number of benzene rings is 14. The smallest absolute Gasteiger partial charge is 0.0000250 e. The molecule has 0 aliphatic heterocycles. The highest BCUT2D eigenvalue weighted by molar-refractivity contribution is 6.59. The lowest BCUT2D eigenvalue weighted by Gasteiger charge is -2.30. The minimum absolute atomic E-state index is 1.28. The molecule has 0 radical (unpaired) electrons. The Bertz CT molecular complexity index is 3930. The molecule has 0 N–H and O–H groups in total. The lowest BCUT2D eigenvalue weighted by atomic mass is 9.72. The predicted molar refractivity (Wildman–Crippen MR) is 241 cm³/mol. The number of aryl methyl sites for hydroxylation is 4. The fourth-order valence-corrected chi connectivity index (χ4v) is 11.9. The molecule has 0 atom stereocenters. The third kappa shape index (κ3) is 3.05. The standard InChI is InChI=1S/C55H34/c1-25-23-33(24-26(2)27(25)3)39-22-20-37-29(5)35-16-11-31-13-17-40-44-38(30-9-7-6-8-10-30)21-19-36-28(4)34-15-12-32-14-18-41-45(39)49(37)53-47(35)42(31)50(40)54-52(48(36)44)46(34)43(32)51(41)55(53)54/h6-24H,1-5H3. The highest BCUT2D eigenvalue weighted by Crippen LogP contribution is 2.60. The molecule has 0 heteroatoms. The summed E-state index contributed by atoms with van der Waals surface area (Å²) in [6.45, 7) is 11.5. The van der Waals surface area contributed by atoms with Gasteiger partial charge in [-0.25, -0.2) is 0 Å². The largest absolute Gasteiger partial charge is 0.0622 e. The van der Waals surface area contributed by atoms with Crippen LogP contribution >= 0.6 is 0 Å². The minimum atomic E-state index is 1.28. The van der Waals surface area contributed by atoms with Crippen LogP contribution in [0, 0.1) is 34.6 Å². The van der Waals surface area contributed by atoms with Gasteiger partial charge in [-0.2, -0.15) is 0 Å². The van der Waals surface area contributed by atoms with Gasteiger partial charge in [-0.05, 0) is 203 Å². The monoisotopic (exact) mass is 694 g/mol. The Hall–Kier alpha value is -6.50. The van der Waals surface area contributed by atoms with E-state index in [2.05, 4.69) is 150 Å². The molecule has 0 fully saturated rings. The van der Waals surface area contributed by atoms with Gasteiger partial charge in [-0.15, -0.1) is 0 Å². The van der Waals surface area contributed by atoms with E-state index < -0.39 is 0 Å². The molecule has 0 unspecified atom stereocenters. The van der Waals surface area contributed by atoms with Crippen molar-refractivity contribution in [2.24, 2.45) is 0 Å². The van der Waals surface area contributed by atoms with Crippen molar-refractivity contribution in [1.82, 2.24) is 0 Å². The van der Waals surface area contributed by atoms with Gasteiger partial charge >= 0.3 is 0 Å². The van der Waals surface area contributed by atoms with Crippen molar-refractivity contribution in [3.8, 4) is 22.3 Å². The Morgan fingerprint density at radius 1 is 0.255 bits per heavy atom. The van der Waals surface area contributed by atoms with Crippen LogP contribution in [0.4, 0.5) is 0 Å². The second kappa shape index (κ2) is 9.23. The average molecular weight is 695 g/mol. The van der Waals surface area contributed by atoms with Crippen LogP contribution in [0.2, 0.25) is 0 Å². The fourth-order valence-electron chi connectivity index (χ4n) is 11.9. The zero-order chi connectivity index (χ0) is 36.3. The van der Waals surface area contributed by atoms with E-state index in [0.717, 1.165) is 0 Å². The van der Waals surface area contributed by atoms with E-state index in [1.165, 1.54) is 169 Å². The summed E-state index contributed by atoms with van der Waals surface area (Å²) in [5.41, 5.74) is 12.1. The molecule has 0 saturated carbocycles. The summed E-state index contributed by atoms with van der Waals surface area (Å²) in [6.07, 6.45) is 0. The second-order valence-electron chi connectivity index (χ2n) is 16.8. The molecule has 0 bridgehead atoms. The Balaban J connectivity index is 1.39. The number of rotatable bonds is 2. The second-order valence-corrected chi connectivity index (χ2v) is 16.8. The van der Waals surface area contributed by atoms with E-state index in [0.29, 0.717) is 0 Å². The molecular weight excluding hydrogens is 661 g/mol. The van der Waals surface area contributed by atoms with Gasteiger partial charge in [0.2, 0.25) is 0 Å². The third-order valence-electron chi connectivity index (χ3n) is 14.5. The zero-order valence-electron chi connectivity index (χ0n) is 31.5. The van der Waals surface area contributed by atoms with Gasteiger partial charge < -0.3 is 0 Å². The Kier molecular flexibility index (Phi) is 4.85. The summed E-state index contributed by atoms with van der Waals surface area (Å²) in [4.78, 5) is 0. The summed E-state index contributed by atoms with van der Waals surface area (Å²) in [6, 6.07) is 45.0. The Morgan fingerprint density at radius 3 is 1.09 bits per heavy atom. The third-order valence-corrected chi connectivity index (χ3v) is 14.5. The molecule has 0 nitrogen and oxygen atoms in total. The molecule has 0 heterocycles. The van der Waals surface area contributed by atoms with Gasteiger partial charge in [0.05, 0.1) is 0 Å². The molecule has 254 valence electrons. The first kappa shape index (κ1) is 28.9. The van der Waals surface area contributed by atoms with Crippen LogP contribution in [0.1, 0.15) is 27.8 Å². The minimum Gasteiger partial charge on any atom is -0.0622 e. The molecule has 55 heavy (non-hydrogen) atoms. The van der Waals surface area contributed by atoms with Crippen molar-refractivity contribution >= 4 is 118 Å². The summed E-state index contributed by atoms with van der Waals surface area (Å²) in [7, 11) is 0. The lowest BCUT2D eigenvalue weighted by molar-refractivity contribution is 1.27. The van der Waals surface area contributed by atoms with E-state index in [9.17, 15) is 0 Å². The molecule has 0 aliphatic rings. The quantitative estimate of drug-likeness (QED) is 0.125. The molecule has 0 aliphatic carbocycles. The molecule has 0 aromatic heterocycles. The van der Waals surface area contributed by atoms with Crippen molar-refractivity contribution in [3.05, 3.63) is 143 Å². The number of hydrogen-bond acceptors (Lipinski definition) is 0. The summed E-state index contributed by atoms with van der Waals surface area (Å²) in [5.74, 6) is 0. The predicted octanol–water partition coefficient (Wildman–Crippen LogP) is 15.9. The average Bonchev–Trinajstić information content (AvgIpc) is 3.22. The van der Waals surface area contributed by atoms with Crippen molar-refractivity contribution in [1.29, 1.82) is 0 Å². The highest BCUT2D eigenvalue weighted by atomic mass is 14.3. The van der Waals surface area contributed by atoms with E-state index in [1.54, 1.807) is 0 Å². The first-order valence-corrected chi connectivity index (χ1v) is 19.8. The molecule has 14 aromatic rings. The Labute approximate surface area is 317 Å². The first-order chi connectivity index (χ1) is 26.9. The van der Waals surface area contributed by atoms with E-state index in [-0.39, 0.29) is 0 Å². The van der Waals surface area contributed by atoms with Crippen molar-refractivity contribution in [3.63, 3.8) is 0 Å². The van der Waals surface area contributed by atoms with Crippen LogP contribution in [0.5, 0.6) is 0 Å². The van der Waals surface area contributed by atoms with Gasteiger partial charge in [0.1, 0.15) is 0 Å². The molecule has 0 amide bonds. The van der Waals surface area contributed by atoms with Crippen molar-refractivity contribution in [2.75, 3.05) is 0 Å². The van der Waals surface area contributed by atoms with Crippen LogP contribution in [0.15, 0.2) is 115 Å². The molecule has 14 rings (SSSR count). The Morgan fingerprint density at radius 2 is 0.618 bits per heavy atom. The van der Waals surface area contributed by atoms with E-state index >= 15 is 0 Å². The normalized spacial score (nSPS) is 13.2. The highest BCUT2D eigenvalue weighted by Gasteiger charge is 2.32. The van der Waals surface area contributed by atoms with Gasteiger partial charge in [0.25, 0.3) is 0 Å². The maximum Gasteiger partial charge on any atom is -0.0000250 e. The maximum atomic E-state index is 2.47. The molecule has 0 saturated heterocycles. The van der Waals surface area contributed by atoms with Crippen LogP contribution in [0.3, 0.4) is 0 Å². The zero-order valence-corrected chi connectivity index (χ0v) is 31.5. The van der Waals surface area contributed by atoms with Crippen LogP contribution in [-0.2, 0) is 0 Å². The van der Waals surface area contributed by atoms with Crippen LogP contribution in [-0.4, -0.2) is 0 Å². The topological polar surface area (TPSA) is 0 Å². The van der Waals surface area contributed by atoms with Crippen LogP contribution in [0.25, 0.3) is 141 Å². The number of hydrogen-bond donors (Lipinski definition) is 0. The van der Waals surface area contributed by atoms with E-state index in [4.69, 9.17) is 0 Å². The SMILES string of the molecule is Cc1cc(-c2ccc3c(C)c4ccc5ccc6c7c(-c8ccccc8)ccc8c(C)c9ccc%10ccc%11c2c3c2c4c5c6c3c(c87)c9c%10c%11c23)cc(C)c1C. The summed E-state index contributed by atoms with van der Waals surface area (Å²) < 4.78 is 0. The number of fused-ring (bicyclic) bond motifs is 2. The van der Waals surface area contributed by atoms with Crippen molar-refractivity contribution in [2.45, 2.75) is 34.6 Å². The lowest BCUT2D eigenvalue weighted by Crippen LogP contribution is -2.01. The van der Waals surface area contributed by atoms with Crippen molar-refractivity contribution < 1.29 is 0 Å². The molecular formula is C55H34. The van der Waals surface area contributed by atoms with Gasteiger partial charge in [-0.1, -0.05) is 115 Å². The molecule has 14 aromatic carbocycles. The van der Waals surface area contributed by atoms with Gasteiger partial charge in [0, 0.05) is 0 Å². The van der Waals surface area contributed by atoms with Gasteiger partial charge in [0.15, 0.2) is 0 Å². The molecule has 0 spiro atoms. The van der Waals surface area contributed by atoms with Gasteiger partial charge in [-0.3, -0.25) is 0 Å².